The van der Waals surface area contributed by atoms with E-state index in [4.69, 9.17) is 16.7 Å². The minimum Gasteiger partial charge on any atom is -0.467 e. The summed E-state index contributed by atoms with van der Waals surface area (Å²) in [6, 6.07) is 0. The summed E-state index contributed by atoms with van der Waals surface area (Å²) >= 11 is 5.33. The quantitative estimate of drug-likeness (QED) is 0.490. The Balaban J connectivity index is 3.41. The number of hydrogen-bond donors (Lipinski definition) is 1. The number of carbonyl (C=O) groups is 1. The number of rotatable bonds is 4. The van der Waals surface area contributed by atoms with E-state index in [-0.39, 0.29) is 0 Å². The molecule has 0 saturated heterocycles. The number of aliphatic hydroxyl groups excluding tert-OH is 1. The number of hydrogen-bond acceptors (Lipinski definition) is 3. The molecule has 0 fully saturated rings. The first kappa shape index (κ1) is 9.72. The third-order valence-corrected chi connectivity index (χ3v) is 1.35. The van der Waals surface area contributed by atoms with Gasteiger partial charge < -0.3 is 9.84 Å². The summed E-state index contributed by atoms with van der Waals surface area (Å²) in [5, 5.41) is 8.92. The highest BCUT2D eigenvalue weighted by Crippen LogP contribution is 1.99. The van der Waals surface area contributed by atoms with Gasteiger partial charge in [0.2, 0.25) is 0 Å². The second-order valence-corrected chi connectivity index (χ2v) is 2.25. The molecule has 0 aliphatic heterocycles. The van der Waals surface area contributed by atoms with E-state index >= 15 is 0 Å². The van der Waals surface area contributed by atoms with Gasteiger partial charge in [0.15, 0.2) is 6.10 Å². The predicted octanol–water partition coefficient (Wildman–Crippen LogP) is 0.539. The third-order valence-electron chi connectivity index (χ3n) is 1.08. The Hall–Kier alpha value is -0.280. The van der Waals surface area contributed by atoms with Gasteiger partial charge in [0.05, 0.1) is 7.11 Å². The summed E-state index contributed by atoms with van der Waals surface area (Å²) in [5.41, 5.74) is 0. The van der Waals surface area contributed by atoms with Crippen LogP contribution in [0.15, 0.2) is 0 Å². The molecule has 1 atom stereocenters. The van der Waals surface area contributed by atoms with E-state index in [1.165, 1.54) is 7.11 Å². The van der Waals surface area contributed by atoms with Crippen molar-refractivity contribution in [2.24, 2.45) is 0 Å². The maximum Gasteiger partial charge on any atom is 0.334 e. The molecule has 1 unspecified atom stereocenters. The van der Waals surface area contributed by atoms with Crippen LogP contribution in [-0.2, 0) is 9.53 Å². The Kier molecular flexibility index (Phi) is 5.35. The minimum atomic E-state index is -1.01. The fraction of sp³-hybridized carbons (Fsp3) is 0.833. The van der Waals surface area contributed by atoms with E-state index in [0.717, 1.165) is 0 Å². The molecule has 0 spiro atoms. The zero-order valence-corrected chi connectivity index (χ0v) is 6.60. The molecule has 0 rings (SSSR count). The molecule has 60 valence electrons. The van der Waals surface area contributed by atoms with Crippen LogP contribution in [-0.4, -0.2) is 30.2 Å². The number of esters is 1. The van der Waals surface area contributed by atoms with Gasteiger partial charge in [-0.05, 0) is 12.8 Å². The lowest BCUT2D eigenvalue weighted by Gasteiger charge is -2.05. The van der Waals surface area contributed by atoms with Crippen LogP contribution < -0.4 is 0 Å². The van der Waals surface area contributed by atoms with Crippen LogP contribution in [0.5, 0.6) is 0 Å². The van der Waals surface area contributed by atoms with Gasteiger partial charge in [-0.15, -0.1) is 11.6 Å². The second kappa shape index (κ2) is 5.50. The molecule has 10 heavy (non-hydrogen) atoms. The summed E-state index contributed by atoms with van der Waals surface area (Å²) in [6.07, 6.45) is -0.0164. The minimum absolute atomic E-state index is 0.371. The number of carbonyl (C=O) groups excluding carboxylic acids is 1. The molecule has 3 nitrogen and oxygen atoms in total. The molecule has 1 N–H and O–H groups in total. The first-order chi connectivity index (χ1) is 4.72. The molecule has 0 aromatic rings. The molecule has 4 heteroatoms. The van der Waals surface area contributed by atoms with E-state index < -0.39 is 12.1 Å². The number of alkyl halides is 1. The highest BCUT2D eigenvalue weighted by molar-refractivity contribution is 6.17. The normalized spacial score (nSPS) is 12.7. The molecule has 0 aromatic carbocycles. The lowest BCUT2D eigenvalue weighted by molar-refractivity contribution is -0.150. The summed E-state index contributed by atoms with van der Waals surface area (Å²) < 4.78 is 4.28. The first-order valence-electron chi connectivity index (χ1n) is 3.04. The lowest BCUT2D eigenvalue weighted by atomic mass is 10.2. The van der Waals surface area contributed by atoms with Gasteiger partial charge >= 0.3 is 5.97 Å². The fourth-order valence-corrected chi connectivity index (χ4v) is 0.679. The fourth-order valence-electron chi connectivity index (χ4n) is 0.524. The highest BCUT2D eigenvalue weighted by Gasteiger charge is 2.13. The van der Waals surface area contributed by atoms with Crippen molar-refractivity contribution in [1.82, 2.24) is 0 Å². The predicted molar refractivity (Wildman–Crippen MR) is 38.0 cm³/mol. The van der Waals surface area contributed by atoms with E-state index in [2.05, 4.69) is 4.74 Å². The van der Waals surface area contributed by atoms with Gasteiger partial charge in [0, 0.05) is 5.88 Å². The Morgan fingerprint density at radius 3 is 2.80 bits per heavy atom. The van der Waals surface area contributed by atoms with Crippen LogP contribution in [0.3, 0.4) is 0 Å². The maximum atomic E-state index is 10.5. The van der Waals surface area contributed by atoms with Gasteiger partial charge in [-0.2, -0.15) is 0 Å². The summed E-state index contributed by atoms with van der Waals surface area (Å²) in [5.74, 6) is -0.140. The van der Waals surface area contributed by atoms with Gasteiger partial charge in [0.1, 0.15) is 0 Å². The Morgan fingerprint density at radius 2 is 2.40 bits per heavy atom. The summed E-state index contributed by atoms with van der Waals surface area (Å²) in [6.45, 7) is 0. The first-order valence-corrected chi connectivity index (χ1v) is 3.57. The number of methoxy groups -OCH3 is 1. The zero-order valence-electron chi connectivity index (χ0n) is 5.84. The molecule has 0 heterocycles. The van der Waals surface area contributed by atoms with Crippen molar-refractivity contribution in [3.05, 3.63) is 0 Å². The average Bonchev–Trinajstić information content (AvgIpc) is 1.98. The van der Waals surface area contributed by atoms with Crippen LogP contribution in [0.25, 0.3) is 0 Å². The van der Waals surface area contributed by atoms with Crippen LogP contribution >= 0.6 is 11.6 Å². The van der Waals surface area contributed by atoms with Crippen molar-refractivity contribution in [2.75, 3.05) is 13.0 Å². The van der Waals surface area contributed by atoms with E-state index in [0.29, 0.717) is 18.7 Å². The molecule has 0 aliphatic carbocycles. The number of halogens is 1. The zero-order chi connectivity index (χ0) is 7.98. The Morgan fingerprint density at radius 1 is 1.80 bits per heavy atom. The van der Waals surface area contributed by atoms with E-state index in [1.807, 2.05) is 0 Å². The average molecular weight is 167 g/mol. The van der Waals surface area contributed by atoms with Gasteiger partial charge in [-0.25, -0.2) is 4.79 Å². The Labute approximate surface area is 64.9 Å². The molecular formula is C6H11ClO3. The topological polar surface area (TPSA) is 46.5 Å². The third kappa shape index (κ3) is 3.69. The van der Waals surface area contributed by atoms with E-state index in [9.17, 15) is 4.79 Å². The van der Waals surface area contributed by atoms with Crippen molar-refractivity contribution in [2.45, 2.75) is 18.9 Å². The summed E-state index contributed by atoms with van der Waals surface area (Å²) in [4.78, 5) is 10.5. The Bertz CT molecular complexity index is 105. The van der Waals surface area contributed by atoms with Crippen LogP contribution in [0.1, 0.15) is 12.8 Å². The van der Waals surface area contributed by atoms with Gasteiger partial charge in [-0.3, -0.25) is 0 Å². The van der Waals surface area contributed by atoms with Crippen molar-refractivity contribution < 1.29 is 14.6 Å². The SMILES string of the molecule is COC(=O)C(O)CCCCl. The van der Waals surface area contributed by atoms with Crippen LogP contribution in [0, 0.1) is 0 Å². The van der Waals surface area contributed by atoms with Crippen molar-refractivity contribution in [3.63, 3.8) is 0 Å². The van der Waals surface area contributed by atoms with E-state index in [1.54, 1.807) is 0 Å². The van der Waals surface area contributed by atoms with Crippen molar-refractivity contribution in [3.8, 4) is 0 Å². The standard InChI is InChI=1S/C6H11ClO3/c1-10-6(9)5(8)3-2-4-7/h5,8H,2-4H2,1H3. The molecule has 0 aromatic heterocycles. The van der Waals surface area contributed by atoms with Gasteiger partial charge in [-0.1, -0.05) is 0 Å². The smallest absolute Gasteiger partial charge is 0.334 e. The van der Waals surface area contributed by atoms with Gasteiger partial charge in [0.25, 0.3) is 0 Å². The summed E-state index contributed by atoms with van der Waals surface area (Å²) in [7, 11) is 1.24. The van der Waals surface area contributed by atoms with Crippen molar-refractivity contribution >= 4 is 17.6 Å². The molecule has 0 aliphatic rings. The van der Waals surface area contributed by atoms with Crippen LogP contribution in [0.4, 0.5) is 0 Å². The van der Waals surface area contributed by atoms with Crippen molar-refractivity contribution in [1.29, 1.82) is 0 Å². The molecule has 0 amide bonds. The molecule has 0 bridgehead atoms. The highest BCUT2D eigenvalue weighted by atomic mass is 35.5. The largest absolute Gasteiger partial charge is 0.467 e. The molecule has 0 saturated carbocycles. The van der Waals surface area contributed by atoms with Crippen LogP contribution in [0.2, 0.25) is 0 Å². The molecular weight excluding hydrogens is 156 g/mol. The lowest BCUT2D eigenvalue weighted by Crippen LogP contribution is -2.21. The second-order valence-electron chi connectivity index (χ2n) is 1.87. The monoisotopic (exact) mass is 166 g/mol. The number of aliphatic hydroxyl groups is 1. The molecule has 0 radical (unpaired) electrons. The maximum absolute atomic E-state index is 10.5. The number of ether oxygens (including phenoxy) is 1.